The first kappa shape index (κ1) is 14.8. The highest BCUT2D eigenvalue weighted by atomic mass is 16.3. The summed E-state index contributed by atoms with van der Waals surface area (Å²) >= 11 is 0. The molecule has 110 valence electrons. The van der Waals surface area contributed by atoms with Crippen molar-refractivity contribution in [2.24, 2.45) is 0 Å². The van der Waals surface area contributed by atoms with Gasteiger partial charge < -0.3 is 5.11 Å². The smallest absolute Gasteiger partial charge is 0.0853 e. The fourth-order valence-electron chi connectivity index (χ4n) is 2.60. The van der Waals surface area contributed by atoms with E-state index in [1.54, 1.807) is 0 Å². The highest BCUT2D eigenvalue weighted by Crippen LogP contribution is 2.17. The Hall–Kier alpha value is -1.62. The van der Waals surface area contributed by atoms with Gasteiger partial charge in [-0.05, 0) is 32.8 Å². The Morgan fingerprint density at radius 2 is 1.90 bits per heavy atom. The molecule has 0 aliphatic heterocycles. The molecule has 5 nitrogen and oxygen atoms in total. The van der Waals surface area contributed by atoms with Gasteiger partial charge in [0.25, 0.3) is 0 Å². The van der Waals surface area contributed by atoms with Gasteiger partial charge in [-0.3, -0.25) is 9.36 Å². The largest absolute Gasteiger partial charge is 0.392 e. The normalized spacial score (nSPS) is 11.5. The van der Waals surface area contributed by atoms with E-state index in [-0.39, 0.29) is 6.61 Å². The van der Waals surface area contributed by atoms with Crippen molar-refractivity contribution in [2.75, 3.05) is 0 Å². The SMILES string of the molecule is CCC(CC)n1ccc(Cn2nc(C)c(CO)c2C)n1. The van der Waals surface area contributed by atoms with Crippen LogP contribution in [0.5, 0.6) is 0 Å². The third-order valence-corrected chi connectivity index (χ3v) is 3.98. The predicted molar refractivity (Wildman–Crippen MR) is 78.6 cm³/mol. The molecule has 1 N–H and O–H groups in total. The minimum atomic E-state index is 0.0415. The van der Waals surface area contributed by atoms with Crippen molar-refractivity contribution in [3.05, 3.63) is 34.9 Å². The molecule has 0 fully saturated rings. The molecule has 0 spiro atoms. The summed E-state index contributed by atoms with van der Waals surface area (Å²) in [5.41, 5.74) is 3.84. The van der Waals surface area contributed by atoms with Gasteiger partial charge in [-0.25, -0.2) is 0 Å². The van der Waals surface area contributed by atoms with Crippen LogP contribution in [0.4, 0.5) is 0 Å². The van der Waals surface area contributed by atoms with Crippen molar-refractivity contribution >= 4 is 0 Å². The number of aliphatic hydroxyl groups is 1. The summed E-state index contributed by atoms with van der Waals surface area (Å²) in [4.78, 5) is 0. The first-order chi connectivity index (χ1) is 9.60. The van der Waals surface area contributed by atoms with Gasteiger partial charge in [0.05, 0.1) is 30.6 Å². The van der Waals surface area contributed by atoms with Crippen LogP contribution < -0.4 is 0 Å². The van der Waals surface area contributed by atoms with Gasteiger partial charge in [0.2, 0.25) is 0 Å². The summed E-state index contributed by atoms with van der Waals surface area (Å²) in [6.07, 6.45) is 4.23. The first-order valence-corrected chi connectivity index (χ1v) is 7.28. The Bertz CT molecular complexity index is 566. The minimum absolute atomic E-state index is 0.0415. The van der Waals surface area contributed by atoms with E-state index in [0.717, 1.165) is 35.5 Å². The van der Waals surface area contributed by atoms with Crippen molar-refractivity contribution in [1.29, 1.82) is 0 Å². The van der Waals surface area contributed by atoms with Crippen LogP contribution >= 0.6 is 0 Å². The fourth-order valence-corrected chi connectivity index (χ4v) is 2.60. The Morgan fingerprint density at radius 1 is 1.20 bits per heavy atom. The van der Waals surface area contributed by atoms with Crippen LogP contribution in [-0.2, 0) is 13.2 Å². The zero-order valence-corrected chi connectivity index (χ0v) is 12.8. The number of rotatable bonds is 6. The van der Waals surface area contributed by atoms with Crippen LogP contribution in [0, 0.1) is 13.8 Å². The molecular formula is C15H24N4O. The summed E-state index contributed by atoms with van der Waals surface area (Å²) in [5.74, 6) is 0. The molecule has 0 aromatic carbocycles. The average Bonchev–Trinajstić information content (AvgIpc) is 2.98. The van der Waals surface area contributed by atoms with Crippen LogP contribution in [-0.4, -0.2) is 24.7 Å². The maximum Gasteiger partial charge on any atom is 0.0853 e. The Labute approximate surface area is 120 Å². The van der Waals surface area contributed by atoms with Gasteiger partial charge in [0.1, 0.15) is 0 Å². The third-order valence-electron chi connectivity index (χ3n) is 3.98. The number of hydrogen-bond acceptors (Lipinski definition) is 3. The molecular weight excluding hydrogens is 252 g/mol. The Balaban J connectivity index is 2.19. The summed E-state index contributed by atoms with van der Waals surface area (Å²) in [6, 6.07) is 2.52. The molecule has 2 aromatic rings. The maximum atomic E-state index is 9.35. The summed E-state index contributed by atoms with van der Waals surface area (Å²) in [7, 11) is 0. The average molecular weight is 276 g/mol. The summed E-state index contributed by atoms with van der Waals surface area (Å²) in [6.45, 7) is 8.98. The highest BCUT2D eigenvalue weighted by Gasteiger charge is 2.13. The fraction of sp³-hybridized carbons (Fsp3) is 0.600. The van der Waals surface area contributed by atoms with Gasteiger partial charge in [-0.1, -0.05) is 13.8 Å². The summed E-state index contributed by atoms with van der Waals surface area (Å²) in [5, 5.41) is 18.5. The molecule has 0 saturated heterocycles. The van der Waals surface area contributed by atoms with Gasteiger partial charge in [-0.15, -0.1) is 0 Å². The zero-order chi connectivity index (χ0) is 14.7. The van der Waals surface area contributed by atoms with Crippen LogP contribution in [0.25, 0.3) is 0 Å². The number of nitrogens with zero attached hydrogens (tertiary/aromatic N) is 4. The predicted octanol–water partition coefficient (Wildman–Crippen LogP) is 2.60. The second kappa shape index (κ2) is 6.22. The zero-order valence-electron chi connectivity index (χ0n) is 12.8. The molecule has 2 heterocycles. The van der Waals surface area contributed by atoms with Crippen molar-refractivity contribution < 1.29 is 5.11 Å². The van der Waals surface area contributed by atoms with Crippen LogP contribution in [0.15, 0.2) is 12.3 Å². The molecule has 2 aromatic heterocycles. The molecule has 0 aliphatic rings. The highest BCUT2D eigenvalue weighted by molar-refractivity contribution is 5.24. The molecule has 0 bridgehead atoms. The molecule has 2 rings (SSSR count). The molecule has 0 radical (unpaired) electrons. The van der Waals surface area contributed by atoms with Crippen molar-refractivity contribution in [1.82, 2.24) is 19.6 Å². The van der Waals surface area contributed by atoms with Crippen LogP contribution in [0.3, 0.4) is 0 Å². The maximum absolute atomic E-state index is 9.35. The molecule has 0 saturated carbocycles. The van der Waals surface area contributed by atoms with Crippen molar-refractivity contribution in [3.8, 4) is 0 Å². The Kier molecular flexibility index (Phi) is 4.60. The van der Waals surface area contributed by atoms with Gasteiger partial charge in [0.15, 0.2) is 0 Å². The van der Waals surface area contributed by atoms with E-state index < -0.39 is 0 Å². The third kappa shape index (κ3) is 2.77. The lowest BCUT2D eigenvalue weighted by atomic mass is 10.2. The van der Waals surface area contributed by atoms with Crippen molar-refractivity contribution in [3.63, 3.8) is 0 Å². The lowest BCUT2D eigenvalue weighted by molar-refractivity contribution is 0.280. The number of hydrogen-bond donors (Lipinski definition) is 1. The molecule has 0 aliphatic carbocycles. The first-order valence-electron chi connectivity index (χ1n) is 7.28. The van der Waals surface area contributed by atoms with Crippen LogP contribution in [0.2, 0.25) is 0 Å². The van der Waals surface area contributed by atoms with Gasteiger partial charge in [0, 0.05) is 17.5 Å². The molecule has 0 atom stereocenters. The van der Waals surface area contributed by atoms with E-state index in [9.17, 15) is 5.11 Å². The van der Waals surface area contributed by atoms with E-state index >= 15 is 0 Å². The molecule has 5 heteroatoms. The number of aryl methyl sites for hydroxylation is 1. The van der Waals surface area contributed by atoms with Crippen molar-refractivity contribution in [2.45, 2.75) is 59.7 Å². The number of aliphatic hydroxyl groups excluding tert-OH is 1. The van der Waals surface area contributed by atoms with E-state index in [1.807, 2.05) is 35.5 Å². The quantitative estimate of drug-likeness (QED) is 0.882. The van der Waals surface area contributed by atoms with Crippen LogP contribution in [0.1, 0.15) is 55.4 Å². The standard InChI is InChI=1S/C15H24N4O/c1-5-14(6-2)18-8-7-13(17-18)9-19-12(4)15(10-20)11(3)16-19/h7-8,14,20H,5-6,9-10H2,1-4H3. The number of aromatic nitrogens is 4. The lowest BCUT2D eigenvalue weighted by Crippen LogP contribution is -2.10. The lowest BCUT2D eigenvalue weighted by Gasteiger charge is -2.12. The van der Waals surface area contributed by atoms with Gasteiger partial charge in [-0.2, -0.15) is 10.2 Å². The van der Waals surface area contributed by atoms with E-state index in [4.69, 9.17) is 0 Å². The van der Waals surface area contributed by atoms with E-state index in [0.29, 0.717) is 12.6 Å². The monoisotopic (exact) mass is 276 g/mol. The van der Waals surface area contributed by atoms with E-state index in [1.165, 1.54) is 0 Å². The molecule has 20 heavy (non-hydrogen) atoms. The second-order valence-corrected chi connectivity index (χ2v) is 5.22. The molecule has 0 unspecified atom stereocenters. The van der Waals surface area contributed by atoms with Gasteiger partial charge >= 0.3 is 0 Å². The second-order valence-electron chi connectivity index (χ2n) is 5.22. The van der Waals surface area contributed by atoms with E-state index in [2.05, 4.69) is 24.0 Å². The molecule has 0 amide bonds. The Morgan fingerprint density at radius 3 is 2.45 bits per heavy atom. The summed E-state index contributed by atoms with van der Waals surface area (Å²) < 4.78 is 3.97. The minimum Gasteiger partial charge on any atom is -0.392 e. The topological polar surface area (TPSA) is 55.9 Å².